The maximum absolute atomic E-state index is 12.5. The van der Waals surface area contributed by atoms with E-state index in [1.807, 2.05) is 47.6 Å². The van der Waals surface area contributed by atoms with E-state index in [0.29, 0.717) is 23.7 Å². The monoisotopic (exact) mass is 393 g/mol. The van der Waals surface area contributed by atoms with Gasteiger partial charge in [0.05, 0.1) is 5.60 Å². The molecule has 0 heterocycles. The summed E-state index contributed by atoms with van der Waals surface area (Å²) < 4.78 is 12.4. The lowest BCUT2D eigenvalue weighted by Crippen LogP contribution is -2.55. The van der Waals surface area contributed by atoms with Gasteiger partial charge in [-0.15, -0.1) is 0 Å². The molecule has 1 N–H and O–H groups in total. The van der Waals surface area contributed by atoms with E-state index in [1.54, 1.807) is 24.3 Å². The molecule has 0 unspecified atom stereocenters. The van der Waals surface area contributed by atoms with E-state index in [-0.39, 0.29) is 0 Å². The van der Waals surface area contributed by atoms with Gasteiger partial charge in [-0.3, -0.25) is 0 Å². The highest BCUT2D eigenvalue weighted by Crippen LogP contribution is 2.41. The summed E-state index contributed by atoms with van der Waals surface area (Å²) >= 11 is 0. The van der Waals surface area contributed by atoms with E-state index >= 15 is 0 Å². The number of isocyanates is 1. The van der Waals surface area contributed by atoms with Crippen LogP contribution in [0.25, 0.3) is 0 Å². The van der Waals surface area contributed by atoms with E-state index in [1.165, 1.54) is 6.08 Å². The average Bonchev–Trinajstić information content (AvgIpc) is 2.63. The maximum atomic E-state index is 12.5. The third-order valence-electron chi connectivity index (χ3n) is 4.75. The molecule has 1 aromatic carbocycles. The Morgan fingerprint density at radius 2 is 1.67 bits per heavy atom. The van der Waals surface area contributed by atoms with Gasteiger partial charge < -0.3 is 14.3 Å². The van der Waals surface area contributed by atoms with Crippen LogP contribution in [0, 0.1) is 0 Å². The van der Waals surface area contributed by atoms with Crippen LogP contribution in [-0.2, 0) is 18.8 Å². The molecule has 0 bridgehead atoms. The first kappa shape index (κ1) is 23.2. The number of carbonyl (C=O) groups is 1. The van der Waals surface area contributed by atoms with E-state index in [2.05, 4.69) is 4.99 Å². The number of hydrogen-bond acceptors (Lipinski definition) is 5. The summed E-state index contributed by atoms with van der Waals surface area (Å²) in [5.41, 5.74) is -2.28. The van der Waals surface area contributed by atoms with Crippen LogP contribution in [0.5, 0.6) is 0 Å². The van der Waals surface area contributed by atoms with Crippen LogP contribution in [-0.4, -0.2) is 36.8 Å². The summed E-state index contributed by atoms with van der Waals surface area (Å²) in [5.74, 6) is -1.35. The van der Waals surface area contributed by atoms with Gasteiger partial charge in [-0.05, 0) is 44.5 Å². The van der Waals surface area contributed by atoms with Crippen molar-refractivity contribution >= 4 is 20.4 Å². The van der Waals surface area contributed by atoms with Gasteiger partial charge in [0.25, 0.3) is 5.72 Å². The van der Waals surface area contributed by atoms with Crippen LogP contribution in [0.4, 0.5) is 0 Å². The highest BCUT2D eigenvalue weighted by molar-refractivity contribution is 6.73. The van der Waals surface area contributed by atoms with Gasteiger partial charge in [-0.1, -0.05) is 51.1 Å². The number of aliphatic carboxylic acids is 1. The first-order chi connectivity index (χ1) is 12.6. The molecule has 150 valence electrons. The minimum Gasteiger partial charge on any atom is -0.478 e. The van der Waals surface area contributed by atoms with Crippen LogP contribution in [0.1, 0.15) is 53.2 Å². The minimum absolute atomic E-state index is 0.583. The lowest BCUT2D eigenvalue weighted by atomic mass is 9.97. The number of hydrogen-bond donors (Lipinski definition) is 1. The standard InChI is InChI=1S/C20H31NO5Si/c1-7-27(8-2,9-3)26-20(18(23)24,21-15-22)17(25-19(4,5)6)16-13-11-10-12-14-16/h10-14,17H,7-9H2,1-6H3,(H,23,24)/t17-,20+/m0/s1. The third-order valence-corrected chi connectivity index (χ3v) is 9.36. The summed E-state index contributed by atoms with van der Waals surface area (Å²) in [4.78, 5) is 27.5. The van der Waals surface area contributed by atoms with Gasteiger partial charge in [0.2, 0.25) is 6.08 Å². The van der Waals surface area contributed by atoms with Crippen LogP contribution >= 0.6 is 0 Å². The number of ether oxygens (including phenoxy) is 1. The molecule has 0 aromatic heterocycles. The Morgan fingerprint density at radius 1 is 1.15 bits per heavy atom. The molecule has 0 aliphatic rings. The quantitative estimate of drug-likeness (QED) is 0.354. The molecule has 0 fully saturated rings. The largest absolute Gasteiger partial charge is 0.478 e. The number of carboxylic acid groups (broad SMARTS) is 1. The second kappa shape index (κ2) is 9.42. The molecule has 1 rings (SSSR count). The molecule has 6 nitrogen and oxygen atoms in total. The van der Waals surface area contributed by atoms with Gasteiger partial charge in [-0.25, -0.2) is 9.59 Å². The summed E-state index contributed by atoms with van der Waals surface area (Å²) in [5, 5.41) is 10.2. The molecule has 0 radical (unpaired) electrons. The zero-order valence-electron chi connectivity index (χ0n) is 17.1. The third kappa shape index (κ3) is 5.59. The van der Waals surface area contributed by atoms with Crippen LogP contribution < -0.4 is 0 Å². The maximum Gasteiger partial charge on any atom is 0.362 e. The highest BCUT2D eigenvalue weighted by atomic mass is 28.4. The van der Waals surface area contributed by atoms with Crippen molar-refractivity contribution in [3.63, 3.8) is 0 Å². The van der Waals surface area contributed by atoms with E-state index in [9.17, 15) is 14.7 Å². The van der Waals surface area contributed by atoms with Crippen LogP contribution in [0.3, 0.4) is 0 Å². The predicted octanol–water partition coefficient (Wildman–Crippen LogP) is 4.68. The molecular formula is C20H31NO5Si. The lowest BCUT2D eigenvalue weighted by molar-refractivity contribution is -0.187. The second-order valence-corrected chi connectivity index (χ2v) is 12.3. The Hall–Kier alpha value is -1.79. The minimum atomic E-state index is -2.46. The van der Waals surface area contributed by atoms with Gasteiger partial charge in [0.15, 0.2) is 8.32 Å². The molecule has 27 heavy (non-hydrogen) atoms. The zero-order chi connectivity index (χ0) is 20.7. The Bertz CT molecular complexity index is 650. The summed E-state index contributed by atoms with van der Waals surface area (Å²) in [7, 11) is -2.46. The van der Waals surface area contributed by atoms with Crippen molar-refractivity contribution in [2.24, 2.45) is 4.99 Å². The number of aliphatic imine (C=N–C) groups is 1. The Morgan fingerprint density at radius 3 is 2.04 bits per heavy atom. The summed E-state index contributed by atoms with van der Waals surface area (Å²) in [6.45, 7) is 11.4. The first-order valence-corrected chi connectivity index (χ1v) is 11.9. The molecule has 0 spiro atoms. The van der Waals surface area contributed by atoms with Crippen LogP contribution in [0.15, 0.2) is 35.3 Å². The van der Waals surface area contributed by atoms with Gasteiger partial charge in [0, 0.05) is 0 Å². The Balaban J connectivity index is 3.69. The van der Waals surface area contributed by atoms with Gasteiger partial charge in [0.1, 0.15) is 6.10 Å². The van der Waals surface area contributed by atoms with E-state index in [0.717, 1.165) is 0 Å². The molecule has 0 aliphatic heterocycles. The highest BCUT2D eigenvalue weighted by Gasteiger charge is 2.55. The van der Waals surface area contributed by atoms with E-state index in [4.69, 9.17) is 9.16 Å². The fourth-order valence-corrected chi connectivity index (χ4v) is 5.89. The van der Waals surface area contributed by atoms with Crippen molar-refractivity contribution < 1.29 is 23.9 Å². The molecule has 0 amide bonds. The van der Waals surface area contributed by atoms with Crippen LogP contribution in [0.2, 0.25) is 18.1 Å². The Kier molecular flexibility index (Phi) is 8.11. The number of rotatable bonds is 10. The second-order valence-electron chi connectivity index (χ2n) is 7.57. The molecule has 0 aliphatic carbocycles. The zero-order valence-corrected chi connectivity index (χ0v) is 18.1. The van der Waals surface area contributed by atoms with Crippen molar-refractivity contribution in [2.45, 2.75) is 77.1 Å². The van der Waals surface area contributed by atoms with Crippen molar-refractivity contribution in [3.05, 3.63) is 35.9 Å². The number of carbonyl (C=O) groups excluding carboxylic acids is 1. The molecular weight excluding hydrogens is 362 g/mol. The van der Waals surface area contributed by atoms with Crippen molar-refractivity contribution in [1.29, 1.82) is 0 Å². The normalized spacial score (nSPS) is 15.5. The number of carboxylic acids is 1. The molecule has 0 saturated heterocycles. The summed E-state index contributed by atoms with van der Waals surface area (Å²) in [6.07, 6.45) is 0.343. The Labute approximate surface area is 162 Å². The molecule has 2 atom stereocenters. The SMILES string of the molecule is CC[Si](CC)(CC)O[C@@](N=C=O)(C(=O)O)[C@@H](OC(C)(C)C)c1ccccc1. The van der Waals surface area contributed by atoms with Crippen molar-refractivity contribution in [3.8, 4) is 0 Å². The average molecular weight is 394 g/mol. The topological polar surface area (TPSA) is 85.2 Å². The first-order valence-electron chi connectivity index (χ1n) is 9.35. The summed E-state index contributed by atoms with van der Waals surface area (Å²) in [6, 6.07) is 11.0. The molecule has 7 heteroatoms. The van der Waals surface area contributed by atoms with Gasteiger partial charge in [-0.2, -0.15) is 4.99 Å². The smallest absolute Gasteiger partial charge is 0.362 e. The fourth-order valence-electron chi connectivity index (χ4n) is 3.06. The lowest BCUT2D eigenvalue weighted by Gasteiger charge is -2.42. The predicted molar refractivity (Wildman–Crippen MR) is 107 cm³/mol. The molecule has 0 saturated carbocycles. The van der Waals surface area contributed by atoms with Crippen molar-refractivity contribution in [2.75, 3.05) is 0 Å². The van der Waals surface area contributed by atoms with Gasteiger partial charge >= 0.3 is 5.97 Å². The molecule has 1 aromatic rings. The number of nitrogens with zero attached hydrogens (tertiary/aromatic N) is 1. The van der Waals surface area contributed by atoms with Crippen molar-refractivity contribution in [1.82, 2.24) is 0 Å². The number of benzene rings is 1. The fraction of sp³-hybridized carbons (Fsp3) is 0.600. The van der Waals surface area contributed by atoms with E-state index < -0.39 is 31.7 Å².